The van der Waals surface area contributed by atoms with Crippen LogP contribution in [-0.4, -0.2) is 0 Å². The van der Waals surface area contributed by atoms with Crippen LogP contribution < -0.4 is 0 Å². The van der Waals surface area contributed by atoms with Crippen LogP contribution in [0, 0.1) is 0 Å². The van der Waals surface area contributed by atoms with E-state index in [1.165, 1.54) is 49.9 Å². The van der Waals surface area contributed by atoms with Crippen LogP contribution in [0.15, 0.2) is 35.0 Å². The third-order valence-electron chi connectivity index (χ3n) is 4.94. The van der Waals surface area contributed by atoms with Crippen molar-refractivity contribution in [2.45, 2.75) is 99.3 Å². The van der Waals surface area contributed by atoms with Crippen molar-refractivity contribution >= 4 is 34.0 Å². The summed E-state index contributed by atoms with van der Waals surface area (Å²) in [6, 6.07) is 9.11. The maximum atomic E-state index is 2.31. The summed E-state index contributed by atoms with van der Waals surface area (Å²) in [7, 11) is 0. The molecule has 0 aliphatic heterocycles. The molecule has 3 heterocycles. The molecular weight excluding hydrogens is 420 g/mol. The first-order valence-electron chi connectivity index (χ1n) is 11.4. The number of rotatable bonds is 6. The van der Waals surface area contributed by atoms with Crippen molar-refractivity contribution < 1.29 is 0 Å². The average molecular weight is 463 g/mol. The first kappa shape index (κ1) is 27.1. The molecule has 0 atom stereocenters. The average Bonchev–Trinajstić information content (AvgIpc) is 3.48. The van der Waals surface area contributed by atoms with Crippen LogP contribution >= 0.6 is 34.0 Å². The highest BCUT2D eigenvalue weighted by Gasteiger charge is 2.02. The van der Waals surface area contributed by atoms with Gasteiger partial charge in [-0.15, -0.1) is 34.0 Å². The van der Waals surface area contributed by atoms with E-state index in [9.17, 15) is 0 Å². The summed E-state index contributed by atoms with van der Waals surface area (Å²) in [6.07, 6.45) is 3.53. The van der Waals surface area contributed by atoms with E-state index in [2.05, 4.69) is 97.3 Å². The van der Waals surface area contributed by atoms with E-state index in [1.54, 1.807) is 0 Å². The Balaban J connectivity index is 0.000000225. The van der Waals surface area contributed by atoms with Gasteiger partial charge in [-0.25, -0.2) is 0 Å². The predicted octanol–water partition coefficient (Wildman–Crippen LogP) is 10.3. The fourth-order valence-electron chi connectivity index (χ4n) is 2.66. The molecule has 0 aliphatic carbocycles. The first-order chi connectivity index (χ1) is 14.2. The second-order valence-corrected chi connectivity index (χ2v) is 11.7. The molecule has 0 fully saturated rings. The Bertz CT molecular complexity index is 705. The fraction of sp³-hybridized carbons (Fsp3) is 0.556. The molecule has 0 saturated heterocycles. The summed E-state index contributed by atoms with van der Waals surface area (Å²) in [4.78, 5) is 6.03. The lowest BCUT2D eigenvalue weighted by molar-refractivity contribution is 0.870. The molecule has 3 rings (SSSR count). The highest BCUT2D eigenvalue weighted by Crippen LogP contribution is 2.24. The van der Waals surface area contributed by atoms with Crippen molar-refractivity contribution in [3.05, 3.63) is 65.7 Å². The number of hydrogen-bond acceptors (Lipinski definition) is 3. The van der Waals surface area contributed by atoms with Crippen LogP contribution in [0.25, 0.3) is 0 Å². The maximum Gasteiger partial charge on any atom is 0.00736 e. The number of hydrogen-bond donors (Lipinski definition) is 0. The first-order valence-corrected chi connectivity index (χ1v) is 14.0. The summed E-state index contributed by atoms with van der Waals surface area (Å²) in [6.45, 7) is 20.0. The summed E-state index contributed by atoms with van der Waals surface area (Å²) >= 11 is 5.70. The van der Waals surface area contributed by atoms with Gasteiger partial charge in [0.1, 0.15) is 0 Å². The molecule has 0 radical (unpaired) electrons. The van der Waals surface area contributed by atoms with Gasteiger partial charge in [0.05, 0.1) is 0 Å². The van der Waals surface area contributed by atoms with Gasteiger partial charge in [0, 0.05) is 19.5 Å². The van der Waals surface area contributed by atoms with Gasteiger partial charge in [0.25, 0.3) is 0 Å². The summed E-state index contributed by atoms with van der Waals surface area (Å²) in [5.41, 5.74) is 2.97. The highest BCUT2D eigenvalue weighted by atomic mass is 32.1. The Morgan fingerprint density at radius 2 is 1.27 bits per heavy atom. The van der Waals surface area contributed by atoms with Crippen molar-refractivity contribution in [2.75, 3.05) is 0 Å². The van der Waals surface area contributed by atoms with Crippen molar-refractivity contribution in [3.63, 3.8) is 0 Å². The van der Waals surface area contributed by atoms with Gasteiger partial charge in [-0.1, -0.05) is 62.3 Å². The van der Waals surface area contributed by atoms with Gasteiger partial charge in [-0.2, -0.15) is 0 Å². The third-order valence-corrected chi connectivity index (χ3v) is 8.85. The van der Waals surface area contributed by atoms with E-state index in [1.807, 2.05) is 34.0 Å². The number of thiophene rings is 3. The normalized spacial score (nSPS) is 10.8. The maximum absolute atomic E-state index is 2.31. The zero-order chi connectivity index (χ0) is 22.7. The van der Waals surface area contributed by atoms with Gasteiger partial charge in [-0.05, 0) is 83.2 Å². The Morgan fingerprint density at radius 1 is 0.633 bits per heavy atom. The van der Waals surface area contributed by atoms with E-state index < -0.39 is 0 Å². The van der Waals surface area contributed by atoms with Gasteiger partial charge in [0.15, 0.2) is 0 Å². The molecule has 0 aromatic carbocycles. The molecule has 30 heavy (non-hydrogen) atoms. The molecule has 0 saturated carbocycles. The molecule has 0 aliphatic rings. The van der Waals surface area contributed by atoms with E-state index in [0.717, 1.165) is 0 Å². The fourth-order valence-corrected chi connectivity index (χ4v) is 5.63. The van der Waals surface area contributed by atoms with Gasteiger partial charge in [-0.3, -0.25) is 0 Å². The van der Waals surface area contributed by atoms with Gasteiger partial charge < -0.3 is 0 Å². The number of aryl methyl sites for hydroxylation is 3. The summed E-state index contributed by atoms with van der Waals surface area (Å²) in [5, 5.41) is 4.53. The van der Waals surface area contributed by atoms with E-state index in [4.69, 9.17) is 0 Å². The van der Waals surface area contributed by atoms with Gasteiger partial charge >= 0.3 is 0 Å². The minimum atomic E-state index is 0.691. The van der Waals surface area contributed by atoms with E-state index in [-0.39, 0.29) is 0 Å². The van der Waals surface area contributed by atoms with E-state index >= 15 is 0 Å². The topological polar surface area (TPSA) is 0 Å². The Kier molecular flexibility index (Phi) is 12.9. The smallest absolute Gasteiger partial charge is 0.00736 e. The van der Waals surface area contributed by atoms with Crippen LogP contribution in [0.4, 0.5) is 0 Å². The lowest BCUT2D eigenvalue weighted by Gasteiger charge is -1.97. The van der Waals surface area contributed by atoms with Crippen molar-refractivity contribution in [2.24, 2.45) is 0 Å². The van der Waals surface area contributed by atoms with Crippen LogP contribution in [0.1, 0.15) is 111 Å². The largest absolute Gasteiger partial charge is 0.149 e. The monoisotopic (exact) mass is 462 g/mol. The summed E-state index contributed by atoms with van der Waals surface area (Å²) in [5.74, 6) is 2.09. The lowest BCUT2D eigenvalue weighted by atomic mass is 10.1. The molecule has 168 valence electrons. The molecule has 3 heteroatoms. The quantitative estimate of drug-likeness (QED) is 0.342. The molecule has 0 nitrogen and oxygen atoms in total. The van der Waals surface area contributed by atoms with Crippen LogP contribution in [-0.2, 0) is 19.3 Å². The molecule has 0 bridgehead atoms. The Morgan fingerprint density at radius 3 is 1.57 bits per heavy atom. The standard InChI is InChI=1S/3C9H14S/c1-4-9-5-8(6-10-9)7(2)3;1-4-8-5-9(7(2)3)10-6-8;1-4-8-5-6-9(10-8)7(2)3/h3*5-7H,4H2,1-3H3. The lowest BCUT2D eigenvalue weighted by Crippen LogP contribution is -1.80. The zero-order valence-electron chi connectivity index (χ0n) is 20.5. The molecule has 3 aromatic heterocycles. The Labute approximate surface area is 198 Å². The third kappa shape index (κ3) is 9.49. The van der Waals surface area contributed by atoms with Crippen LogP contribution in [0.2, 0.25) is 0 Å². The molecule has 0 amide bonds. The zero-order valence-corrected chi connectivity index (χ0v) is 23.0. The minimum Gasteiger partial charge on any atom is -0.149 e. The van der Waals surface area contributed by atoms with Crippen molar-refractivity contribution in [1.29, 1.82) is 0 Å². The van der Waals surface area contributed by atoms with Crippen LogP contribution in [0.3, 0.4) is 0 Å². The van der Waals surface area contributed by atoms with Crippen LogP contribution in [0.5, 0.6) is 0 Å². The molecule has 3 aromatic rings. The predicted molar refractivity (Wildman–Crippen MR) is 143 cm³/mol. The van der Waals surface area contributed by atoms with Crippen molar-refractivity contribution in [3.8, 4) is 0 Å². The Hall–Kier alpha value is -0.900. The molecule has 0 N–H and O–H groups in total. The second kappa shape index (κ2) is 14.2. The molecular formula is C27H42S3. The summed E-state index contributed by atoms with van der Waals surface area (Å²) < 4.78 is 0. The highest BCUT2D eigenvalue weighted by molar-refractivity contribution is 7.12. The minimum absolute atomic E-state index is 0.691. The molecule has 0 spiro atoms. The second-order valence-electron chi connectivity index (χ2n) is 8.53. The van der Waals surface area contributed by atoms with Crippen molar-refractivity contribution in [1.82, 2.24) is 0 Å². The van der Waals surface area contributed by atoms with Gasteiger partial charge in [0.2, 0.25) is 0 Å². The SMILES string of the molecule is CCc1cc(C(C)C)cs1.CCc1ccc(C(C)C)s1.CCc1csc(C(C)C)c1. The van der Waals surface area contributed by atoms with E-state index in [0.29, 0.717) is 17.8 Å². The molecule has 0 unspecified atom stereocenters.